The lowest BCUT2D eigenvalue weighted by Gasteiger charge is -2.37. The normalized spacial score (nSPS) is 24.0. The number of benzene rings is 2. The first-order valence-corrected chi connectivity index (χ1v) is 8.87. The van der Waals surface area contributed by atoms with Crippen LogP contribution >= 0.6 is 15.9 Å². The number of methoxy groups -OCH3 is 1. The fourth-order valence-corrected chi connectivity index (χ4v) is 4.10. The highest BCUT2D eigenvalue weighted by atomic mass is 79.9. The molecular weight excluding hydrogens is 366 g/mol. The number of anilines is 1. The lowest BCUT2D eigenvalue weighted by Crippen LogP contribution is -2.29. The second kappa shape index (κ2) is 6.10. The van der Waals surface area contributed by atoms with Crippen LogP contribution < -0.4 is 5.32 Å². The third-order valence-corrected chi connectivity index (χ3v) is 5.54. The van der Waals surface area contributed by atoms with Gasteiger partial charge in [0.25, 0.3) is 0 Å². The van der Waals surface area contributed by atoms with Crippen molar-refractivity contribution in [2.75, 3.05) is 12.4 Å². The Labute approximate surface area is 149 Å². The lowest BCUT2D eigenvalue weighted by atomic mass is 9.76. The van der Waals surface area contributed by atoms with Crippen molar-refractivity contribution >= 4 is 27.6 Å². The maximum atomic E-state index is 11.8. The molecule has 0 aromatic heterocycles. The number of esters is 1. The van der Waals surface area contributed by atoms with E-state index in [1.165, 1.54) is 18.2 Å². The first-order valence-electron chi connectivity index (χ1n) is 8.08. The molecule has 1 aliphatic carbocycles. The predicted molar refractivity (Wildman–Crippen MR) is 98.3 cm³/mol. The maximum absolute atomic E-state index is 11.8. The van der Waals surface area contributed by atoms with E-state index >= 15 is 0 Å². The third-order valence-electron chi connectivity index (χ3n) is 5.01. The van der Waals surface area contributed by atoms with Gasteiger partial charge in [-0.3, -0.25) is 0 Å². The molecule has 2 aliphatic rings. The van der Waals surface area contributed by atoms with Gasteiger partial charge < -0.3 is 10.1 Å². The molecule has 0 amide bonds. The zero-order valence-electron chi connectivity index (χ0n) is 13.3. The Morgan fingerprint density at radius 1 is 1.21 bits per heavy atom. The molecule has 2 aromatic carbocycles. The SMILES string of the molecule is COC(=O)c1ccc2c(c1)[C@@H]1C=CC[C@@H]1[C@H](c1ccc(Br)cc1)N2. The number of hydrogen-bond acceptors (Lipinski definition) is 3. The van der Waals surface area contributed by atoms with E-state index in [2.05, 4.69) is 57.7 Å². The van der Waals surface area contributed by atoms with E-state index in [9.17, 15) is 4.79 Å². The van der Waals surface area contributed by atoms with Crippen LogP contribution in [0.25, 0.3) is 0 Å². The summed E-state index contributed by atoms with van der Waals surface area (Å²) in [5, 5.41) is 3.68. The molecular formula is C20H18BrNO2. The Morgan fingerprint density at radius 3 is 2.75 bits per heavy atom. The number of rotatable bonds is 2. The van der Waals surface area contributed by atoms with Gasteiger partial charge in [-0.2, -0.15) is 0 Å². The summed E-state index contributed by atoms with van der Waals surface area (Å²) in [6, 6.07) is 14.6. The number of carbonyl (C=O) groups is 1. The minimum absolute atomic E-state index is 0.273. The summed E-state index contributed by atoms with van der Waals surface area (Å²) in [6.45, 7) is 0. The molecule has 1 heterocycles. The van der Waals surface area contributed by atoms with Gasteiger partial charge in [0.2, 0.25) is 0 Å². The van der Waals surface area contributed by atoms with E-state index in [1.807, 2.05) is 18.2 Å². The molecule has 0 fully saturated rings. The van der Waals surface area contributed by atoms with Crippen molar-refractivity contribution in [3.05, 3.63) is 75.8 Å². The second-order valence-electron chi connectivity index (χ2n) is 6.32. The summed E-state index contributed by atoms with van der Waals surface area (Å²) in [5.74, 6) is 0.512. The number of allylic oxidation sites excluding steroid dienone is 2. The zero-order valence-corrected chi connectivity index (χ0v) is 14.9. The van der Waals surface area contributed by atoms with E-state index in [1.54, 1.807) is 0 Å². The highest BCUT2D eigenvalue weighted by Gasteiger charge is 2.38. The van der Waals surface area contributed by atoms with Gasteiger partial charge in [-0.05, 0) is 53.8 Å². The van der Waals surface area contributed by atoms with Gasteiger partial charge in [-0.15, -0.1) is 0 Å². The van der Waals surface area contributed by atoms with Crippen LogP contribution in [0.1, 0.15) is 39.9 Å². The number of fused-ring (bicyclic) bond motifs is 3. The van der Waals surface area contributed by atoms with Gasteiger partial charge in [0, 0.05) is 16.1 Å². The smallest absolute Gasteiger partial charge is 0.337 e. The minimum atomic E-state index is -0.286. The van der Waals surface area contributed by atoms with Crippen LogP contribution in [0.4, 0.5) is 5.69 Å². The number of carbonyl (C=O) groups excluding carboxylic acids is 1. The molecule has 4 heteroatoms. The van der Waals surface area contributed by atoms with Crippen molar-refractivity contribution in [3.8, 4) is 0 Å². The summed E-state index contributed by atoms with van der Waals surface area (Å²) < 4.78 is 5.95. The van der Waals surface area contributed by atoms with Gasteiger partial charge in [-0.1, -0.05) is 40.2 Å². The molecule has 0 unspecified atom stereocenters. The Morgan fingerprint density at radius 2 is 2.00 bits per heavy atom. The first kappa shape index (κ1) is 15.5. The Hall–Kier alpha value is -2.07. The van der Waals surface area contributed by atoms with Gasteiger partial charge in [0.1, 0.15) is 0 Å². The lowest BCUT2D eigenvalue weighted by molar-refractivity contribution is 0.0600. The highest BCUT2D eigenvalue weighted by Crippen LogP contribution is 2.50. The summed E-state index contributed by atoms with van der Waals surface area (Å²) in [7, 11) is 1.42. The molecule has 1 aliphatic heterocycles. The summed E-state index contributed by atoms with van der Waals surface area (Å²) in [6.07, 6.45) is 5.57. The topological polar surface area (TPSA) is 38.3 Å². The van der Waals surface area contributed by atoms with Crippen LogP contribution in [0.5, 0.6) is 0 Å². The molecule has 0 radical (unpaired) electrons. The predicted octanol–water partition coefficient (Wildman–Crippen LogP) is 5.06. The first-order chi connectivity index (χ1) is 11.7. The fraction of sp³-hybridized carbons (Fsp3) is 0.250. The Balaban J connectivity index is 1.74. The van der Waals surface area contributed by atoms with Crippen molar-refractivity contribution < 1.29 is 9.53 Å². The van der Waals surface area contributed by atoms with Crippen molar-refractivity contribution in [2.45, 2.75) is 18.4 Å². The van der Waals surface area contributed by atoms with Crippen LogP contribution in [-0.4, -0.2) is 13.1 Å². The molecule has 3 atom stereocenters. The van der Waals surface area contributed by atoms with Crippen LogP contribution in [-0.2, 0) is 4.74 Å². The number of halogens is 1. The van der Waals surface area contributed by atoms with E-state index in [0.29, 0.717) is 17.4 Å². The monoisotopic (exact) mass is 383 g/mol. The third kappa shape index (κ3) is 2.55. The fourth-order valence-electron chi connectivity index (χ4n) is 3.84. The standard InChI is InChI=1S/C20H18BrNO2/c1-24-20(23)13-7-10-18-17(11-13)15-3-2-4-16(15)19(22-18)12-5-8-14(21)9-6-12/h2-3,5-11,15-16,19,22H,4H2,1H3/t15-,16+,19+/m1/s1. The number of nitrogens with one attached hydrogen (secondary N) is 1. The van der Waals surface area contributed by atoms with Gasteiger partial charge in [-0.25, -0.2) is 4.79 Å². The molecule has 0 bridgehead atoms. The van der Waals surface area contributed by atoms with Gasteiger partial charge in [0.15, 0.2) is 0 Å². The van der Waals surface area contributed by atoms with Crippen LogP contribution in [0.15, 0.2) is 59.1 Å². The maximum Gasteiger partial charge on any atom is 0.337 e. The van der Waals surface area contributed by atoms with Gasteiger partial charge >= 0.3 is 5.97 Å². The van der Waals surface area contributed by atoms with Crippen molar-refractivity contribution in [1.82, 2.24) is 0 Å². The van der Waals surface area contributed by atoms with Crippen molar-refractivity contribution in [1.29, 1.82) is 0 Å². The van der Waals surface area contributed by atoms with Gasteiger partial charge in [0.05, 0.1) is 18.7 Å². The molecule has 0 spiro atoms. The van der Waals surface area contributed by atoms with Crippen LogP contribution in [0.2, 0.25) is 0 Å². The molecule has 4 rings (SSSR count). The Kier molecular flexibility index (Phi) is 3.93. The van der Waals surface area contributed by atoms with Crippen LogP contribution in [0, 0.1) is 5.92 Å². The van der Waals surface area contributed by atoms with Crippen molar-refractivity contribution in [3.63, 3.8) is 0 Å². The van der Waals surface area contributed by atoms with E-state index in [-0.39, 0.29) is 12.0 Å². The summed E-state index contributed by atoms with van der Waals surface area (Å²) in [5.41, 5.74) is 4.19. The molecule has 3 nitrogen and oxygen atoms in total. The quantitative estimate of drug-likeness (QED) is 0.581. The molecule has 1 N–H and O–H groups in total. The largest absolute Gasteiger partial charge is 0.465 e. The molecule has 24 heavy (non-hydrogen) atoms. The second-order valence-corrected chi connectivity index (χ2v) is 7.24. The molecule has 2 aromatic rings. The number of ether oxygens (including phenoxy) is 1. The van der Waals surface area contributed by atoms with Crippen molar-refractivity contribution in [2.24, 2.45) is 5.92 Å². The molecule has 122 valence electrons. The molecule has 0 saturated heterocycles. The van der Waals surface area contributed by atoms with Crippen LogP contribution in [0.3, 0.4) is 0 Å². The zero-order chi connectivity index (χ0) is 16.7. The average molecular weight is 384 g/mol. The number of hydrogen-bond donors (Lipinski definition) is 1. The molecule has 0 saturated carbocycles. The summed E-state index contributed by atoms with van der Waals surface area (Å²) >= 11 is 3.50. The summed E-state index contributed by atoms with van der Waals surface area (Å²) in [4.78, 5) is 11.8. The van der Waals surface area contributed by atoms with E-state index in [4.69, 9.17) is 4.74 Å². The van der Waals surface area contributed by atoms with E-state index < -0.39 is 0 Å². The highest BCUT2D eigenvalue weighted by molar-refractivity contribution is 9.10. The van der Waals surface area contributed by atoms with E-state index in [0.717, 1.165) is 16.6 Å². The minimum Gasteiger partial charge on any atom is -0.465 e. The average Bonchev–Trinajstić information content (AvgIpc) is 3.11. The Bertz CT molecular complexity index is 813.